The maximum absolute atomic E-state index is 13.8. The van der Waals surface area contributed by atoms with Crippen LogP contribution in [0.4, 0.5) is 8.78 Å². The van der Waals surface area contributed by atoms with Crippen LogP contribution < -0.4 is 20.5 Å². The molecule has 1 aliphatic heterocycles. The zero-order chi connectivity index (χ0) is 23.2. The van der Waals surface area contributed by atoms with Crippen molar-refractivity contribution in [2.24, 2.45) is 5.73 Å². The quantitative estimate of drug-likeness (QED) is 0.504. The van der Waals surface area contributed by atoms with E-state index in [1.165, 1.54) is 36.4 Å². The van der Waals surface area contributed by atoms with Gasteiger partial charge < -0.3 is 5.73 Å². The minimum absolute atomic E-state index is 0.0172. The van der Waals surface area contributed by atoms with E-state index in [4.69, 9.17) is 5.73 Å². The summed E-state index contributed by atoms with van der Waals surface area (Å²) in [7, 11) is 0. The van der Waals surface area contributed by atoms with Crippen molar-refractivity contribution in [3.8, 4) is 12.1 Å². The third-order valence-electron chi connectivity index (χ3n) is 4.91. The van der Waals surface area contributed by atoms with E-state index < -0.39 is 23.1 Å². The predicted octanol–water partition coefficient (Wildman–Crippen LogP) is 3.66. The Morgan fingerprint density at radius 3 is 2.25 bits per heavy atom. The van der Waals surface area contributed by atoms with Crippen molar-refractivity contribution in [2.75, 3.05) is 0 Å². The monoisotopic (exact) mass is 574 g/mol. The van der Waals surface area contributed by atoms with Crippen molar-refractivity contribution in [2.45, 2.75) is 5.92 Å². The van der Waals surface area contributed by atoms with Gasteiger partial charge in [-0.05, 0) is 73.3 Å². The Bertz CT molecular complexity index is 1590. The van der Waals surface area contributed by atoms with E-state index in [1.807, 2.05) is 6.07 Å². The summed E-state index contributed by atoms with van der Waals surface area (Å²) in [5, 5.41) is 19.7. The second-order valence-electron chi connectivity index (χ2n) is 6.77. The van der Waals surface area contributed by atoms with Gasteiger partial charge in [0.1, 0.15) is 22.1 Å². The Labute approximate surface area is 200 Å². The molecule has 0 amide bonds. The lowest BCUT2D eigenvalue weighted by Crippen LogP contribution is -2.38. The maximum atomic E-state index is 13.8. The fraction of sp³-hybridized carbons (Fsp3) is 0.0455. The van der Waals surface area contributed by atoms with Crippen LogP contribution in [0.1, 0.15) is 17.0 Å². The molecular formula is C22H10Br2F2N4OS. The molecule has 32 heavy (non-hydrogen) atoms. The van der Waals surface area contributed by atoms with Crippen molar-refractivity contribution < 1.29 is 8.78 Å². The Hall–Kier alpha value is -3.05. The van der Waals surface area contributed by atoms with Gasteiger partial charge in [0.15, 0.2) is 0 Å². The second kappa shape index (κ2) is 8.47. The molecule has 2 heterocycles. The number of hydrogen-bond acceptors (Lipinski definition) is 5. The van der Waals surface area contributed by atoms with Gasteiger partial charge in [0.05, 0.1) is 42.7 Å². The van der Waals surface area contributed by atoms with Crippen LogP contribution in [0.3, 0.4) is 0 Å². The smallest absolute Gasteiger partial charge is 0.274 e. The number of fused-ring (bicyclic) bond motifs is 1. The first-order valence-corrected chi connectivity index (χ1v) is 11.3. The van der Waals surface area contributed by atoms with Gasteiger partial charge in [-0.3, -0.25) is 9.36 Å². The SMILES string of the molecule is N#CC1=C(N)n2c(s/c(=C\c3ccc(F)c(Br)c3)c2=O)=C(C#N)C1c1ccc(F)c(Br)c1. The molecule has 1 atom stereocenters. The predicted molar refractivity (Wildman–Crippen MR) is 124 cm³/mol. The van der Waals surface area contributed by atoms with Crippen molar-refractivity contribution in [3.63, 3.8) is 0 Å². The number of rotatable bonds is 2. The zero-order valence-electron chi connectivity index (χ0n) is 15.9. The van der Waals surface area contributed by atoms with Crippen LogP contribution in [-0.2, 0) is 0 Å². The fourth-order valence-electron chi connectivity index (χ4n) is 3.43. The number of benzene rings is 2. The molecule has 1 aliphatic rings. The third-order valence-corrected chi connectivity index (χ3v) is 7.23. The fourth-order valence-corrected chi connectivity index (χ4v) is 5.35. The van der Waals surface area contributed by atoms with Crippen LogP contribution >= 0.6 is 43.2 Å². The molecule has 2 aromatic carbocycles. The number of allylic oxidation sites excluding steroid dienone is 1. The highest BCUT2D eigenvalue weighted by Gasteiger charge is 2.32. The molecule has 3 aromatic rings. The normalized spacial score (nSPS) is 16.0. The van der Waals surface area contributed by atoms with Crippen molar-refractivity contribution in [3.05, 3.63) is 93.2 Å². The molecule has 1 unspecified atom stereocenters. The molecule has 158 valence electrons. The first-order chi connectivity index (χ1) is 15.3. The molecule has 5 nitrogen and oxygen atoms in total. The lowest BCUT2D eigenvalue weighted by Gasteiger charge is -2.22. The average molecular weight is 576 g/mol. The van der Waals surface area contributed by atoms with Crippen molar-refractivity contribution >= 4 is 60.7 Å². The van der Waals surface area contributed by atoms with Gasteiger partial charge in [0.25, 0.3) is 5.56 Å². The van der Waals surface area contributed by atoms with Gasteiger partial charge in [0.2, 0.25) is 0 Å². The molecule has 1 aromatic heterocycles. The molecule has 4 rings (SSSR count). The summed E-state index contributed by atoms with van der Waals surface area (Å²) in [5.74, 6) is -1.88. The van der Waals surface area contributed by atoms with E-state index in [9.17, 15) is 24.1 Å². The van der Waals surface area contributed by atoms with Crippen LogP contribution in [0.15, 0.2) is 55.7 Å². The summed E-state index contributed by atoms with van der Waals surface area (Å²) in [6.07, 6.45) is 1.56. The van der Waals surface area contributed by atoms with Gasteiger partial charge in [-0.15, -0.1) is 11.3 Å². The van der Waals surface area contributed by atoms with E-state index in [-0.39, 0.29) is 35.1 Å². The molecule has 0 fully saturated rings. The number of nitrogens with two attached hydrogens (primary N) is 1. The van der Waals surface area contributed by atoms with Crippen LogP contribution in [0, 0.1) is 34.3 Å². The molecule has 10 heteroatoms. The van der Waals surface area contributed by atoms with E-state index in [2.05, 4.69) is 37.9 Å². The maximum Gasteiger partial charge on any atom is 0.274 e. The number of hydrogen-bond donors (Lipinski definition) is 1. The van der Waals surface area contributed by atoms with E-state index in [0.717, 1.165) is 15.9 Å². The number of thiazole rings is 1. The van der Waals surface area contributed by atoms with E-state index >= 15 is 0 Å². The van der Waals surface area contributed by atoms with Crippen LogP contribution in [0.2, 0.25) is 0 Å². The summed E-state index contributed by atoms with van der Waals surface area (Å²) in [6, 6.07) is 12.6. The number of aromatic nitrogens is 1. The topological polar surface area (TPSA) is 95.6 Å². The van der Waals surface area contributed by atoms with Crippen molar-refractivity contribution in [1.82, 2.24) is 4.57 Å². The summed E-state index contributed by atoms with van der Waals surface area (Å²) in [5.41, 5.74) is 6.93. The minimum Gasteiger partial charge on any atom is -0.384 e. The Balaban J connectivity index is 2.04. The molecule has 0 aliphatic carbocycles. The molecular weight excluding hydrogens is 566 g/mol. The van der Waals surface area contributed by atoms with Crippen molar-refractivity contribution in [1.29, 1.82) is 10.5 Å². The first-order valence-electron chi connectivity index (χ1n) is 8.94. The first kappa shape index (κ1) is 22.2. The van der Waals surface area contributed by atoms with Crippen LogP contribution in [0.5, 0.6) is 0 Å². The number of nitrogens with zero attached hydrogens (tertiary/aromatic N) is 3. The highest BCUT2D eigenvalue weighted by atomic mass is 79.9. The summed E-state index contributed by atoms with van der Waals surface area (Å²) in [4.78, 5) is 13.1. The highest BCUT2D eigenvalue weighted by Crippen LogP contribution is 2.36. The largest absolute Gasteiger partial charge is 0.384 e. The zero-order valence-corrected chi connectivity index (χ0v) is 19.9. The molecule has 0 radical (unpaired) electrons. The standard InChI is InChI=1S/C22H10Br2F2N4OS/c23-14-5-10(1-3-16(14)25)6-18-21(31)30-20(29)12(8-27)19(13(9-28)22(30)32-18)11-2-4-17(26)15(24)7-11/h1-7,19H,29H2/b18-6-. The van der Waals surface area contributed by atoms with Crippen LogP contribution in [0.25, 0.3) is 17.5 Å². The number of nitriles is 2. The minimum atomic E-state index is -0.854. The summed E-state index contributed by atoms with van der Waals surface area (Å²) in [6.45, 7) is 0. The molecule has 0 bridgehead atoms. The van der Waals surface area contributed by atoms with E-state index in [1.54, 1.807) is 6.08 Å². The summed E-state index contributed by atoms with van der Waals surface area (Å²) < 4.78 is 29.4. The van der Waals surface area contributed by atoms with Gasteiger partial charge in [0, 0.05) is 0 Å². The Kier molecular flexibility index (Phi) is 5.87. The lowest BCUT2D eigenvalue weighted by atomic mass is 9.84. The Morgan fingerprint density at radius 1 is 1.03 bits per heavy atom. The van der Waals surface area contributed by atoms with Crippen LogP contribution in [-0.4, -0.2) is 4.57 Å². The summed E-state index contributed by atoms with van der Waals surface area (Å²) >= 11 is 7.27. The van der Waals surface area contributed by atoms with Gasteiger partial charge in [-0.1, -0.05) is 12.1 Å². The highest BCUT2D eigenvalue weighted by molar-refractivity contribution is 9.10. The second-order valence-corrected chi connectivity index (χ2v) is 9.51. The van der Waals surface area contributed by atoms with Gasteiger partial charge in [-0.25, -0.2) is 8.78 Å². The average Bonchev–Trinajstić information content (AvgIpc) is 3.08. The third kappa shape index (κ3) is 3.61. The van der Waals surface area contributed by atoms with E-state index in [0.29, 0.717) is 11.1 Å². The van der Waals surface area contributed by atoms with Gasteiger partial charge >= 0.3 is 0 Å². The molecule has 0 saturated heterocycles. The molecule has 2 N–H and O–H groups in total. The molecule has 0 spiro atoms. The molecule has 0 saturated carbocycles. The number of halogens is 4. The van der Waals surface area contributed by atoms with Gasteiger partial charge in [-0.2, -0.15) is 10.5 Å². The lowest BCUT2D eigenvalue weighted by molar-refractivity contribution is 0.620. The Morgan fingerprint density at radius 2 is 1.66 bits per heavy atom.